The van der Waals surface area contributed by atoms with Crippen LogP contribution in [0.25, 0.3) is 16.7 Å². The Labute approximate surface area is 140 Å². The third-order valence-electron chi connectivity index (χ3n) is 3.70. The number of halogens is 3. The van der Waals surface area contributed by atoms with Crippen LogP contribution in [0.1, 0.15) is 6.92 Å². The Hall–Kier alpha value is -2.14. The van der Waals surface area contributed by atoms with Crippen molar-refractivity contribution in [1.29, 1.82) is 0 Å². The van der Waals surface area contributed by atoms with E-state index in [0.717, 1.165) is 18.2 Å². The van der Waals surface area contributed by atoms with Gasteiger partial charge in [0.15, 0.2) is 9.84 Å². The Kier molecular flexibility index (Phi) is 3.84. The lowest BCUT2D eigenvalue weighted by molar-refractivity contribution is -0.0435. The van der Waals surface area contributed by atoms with E-state index < -0.39 is 30.1 Å². The van der Waals surface area contributed by atoms with Gasteiger partial charge in [0.2, 0.25) is 0 Å². The first kappa shape index (κ1) is 17.7. The molecule has 0 spiro atoms. The van der Waals surface area contributed by atoms with Gasteiger partial charge >= 0.3 is 5.51 Å². The molecule has 0 saturated heterocycles. The molecule has 3 aromatic rings. The molecule has 0 amide bonds. The number of hydrogen-bond acceptors (Lipinski definition) is 5. The normalized spacial score (nSPS) is 13.6. The molecule has 0 atom stereocenters. The van der Waals surface area contributed by atoms with Crippen LogP contribution in [-0.4, -0.2) is 37.5 Å². The van der Waals surface area contributed by atoms with Gasteiger partial charge in [-0.2, -0.15) is 13.2 Å². The number of benzene rings is 1. The van der Waals surface area contributed by atoms with Gasteiger partial charge in [-0.1, -0.05) is 6.92 Å². The van der Waals surface area contributed by atoms with E-state index in [1.165, 1.54) is 29.7 Å². The largest absolute Gasteiger partial charge is 0.501 e. The molecule has 2 heterocycles. The van der Waals surface area contributed by atoms with Crippen molar-refractivity contribution in [2.24, 2.45) is 0 Å². The predicted molar refractivity (Wildman–Crippen MR) is 83.7 cm³/mol. The molecule has 0 radical (unpaired) electrons. The summed E-state index contributed by atoms with van der Waals surface area (Å²) in [7, 11) is -9.06. The molecule has 11 heteroatoms. The highest BCUT2D eigenvalue weighted by Gasteiger charge is 2.47. The SMILES string of the molecule is CCS(=O)(=O)c1ccc2nc3ccc(S(=O)(=O)C(F)(F)F)cc3n2c1. The van der Waals surface area contributed by atoms with Gasteiger partial charge in [0.1, 0.15) is 5.65 Å². The standard InChI is InChI=1S/C14H11F3N2O4S2/c1-2-24(20,21)10-4-6-13-18-11-5-3-9(7-12(11)19(13)8-10)25(22,23)14(15,16)17/h3-8H,2H2,1H3. The molecule has 134 valence electrons. The molecule has 25 heavy (non-hydrogen) atoms. The van der Waals surface area contributed by atoms with Crippen LogP contribution in [0.2, 0.25) is 0 Å². The maximum absolute atomic E-state index is 12.7. The summed E-state index contributed by atoms with van der Waals surface area (Å²) in [5.41, 5.74) is -4.84. The van der Waals surface area contributed by atoms with Crippen LogP contribution in [0.4, 0.5) is 13.2 Å². The van der Waals surface area contributed by atoms with E-state index in [-0.39, 0.29) is 27.3 Å². The summed E-state index contributed by atoms with van der Waals surface area (Å²) in [6.07, 6.45) is 1.22. The van der Waals surface area contributed by atoms with Gasteiger partial charge in [0, 0.05) is 6.20 Å². The predicted octanol–water partition coefficient (Wildman–Crippen LogP) is 2.57. The van der Waals surface area contributed by atoms with Crippen molar-refractivity contribution in [3.05, 3.63) is 36.5 Å². The van der Waals surface area contributed by atoms with Crippen LogP contribution in [0.15, 0.2) is 46.3 Å². The lowest BCUT2D eigenvalue weighted by Crippen LogP contribution is -2.23. The highest BCUT2D eigenvalue weighted by molar-refractivity contribution is 7.92. The van der Waals surface area contributed by atoms with Crippen molar-refractivity contribution < 1.29 is 30.0 Å². The quantitative estimate of drug-likeness (QED) is 0.684. The number of rotatable bonds is 3. The van der Waals surface area contributed by atoms with Crippen LogP contribution >= 0.6 is 0 Å². The molecular weight excluding hydrogens is 381 g/mol. The number of aromatic nitrogens is 2. The zero-order chi connectivity index (χ0) is 18.6. The fourth-order valence-electron chi connectivity index (χ4n) is 2.32. The van der Waals surface area contributed by atoms with Gasteiger partial charge < -0.3 is 0 Å². The van der Waals surface area contributed by atoms with E-state index in [9.17, 15) is 30.0 Å². The van der Waals surface area contributed by atoms with Gasteiger partial charge in [-0.3, -0.25) is 4.40 Å². The zero-order valence-electron chi connectivity index (χ0n) is 12.6. The lowest BCUT2D eigenvalue weighted by Gasteiger charge is -2.08. The Morgan fingerprint density at radius 2 is 1.68 bits per heavy atom. The van der Waals surface area contributed by atoms with Crippen LogP contribution < -0.4 is 0 Å². The molecule has 0 N–H and O–H groups in total. The highest BCUT2D eigenvalue weighted by Crippen LogP contribution is 2.32. The molecule has 0 aliphatic heterocycles. The van der Waals surface area contributed by atoms with E-state index in [2.05, 4.69) is 4.98 Å². The van der Waals surface area contributed by atoms with Crippen LogP contribution in [0, 0.1) is 0 Å². The molecule has 0 unspecified atom stereocenters. The molecule has 6 nitrogen and oxygen atoms in total. The van der Waals surface area contributed by atoms with Gasteiger partial charge in [-0.25, -0.2) is 21.8 Å². The first-order chi connectivity index (χ1) is 11.5. The molecule has 1 aromatic carbocycles. The second kappa shape index (κ2) is 5.43. The zero-order valence-corrected chi connectivity index (χ0v) is 14.3. The third kappa shape index (κ3) is 2.76. The lowest BCUT2D eigenvalue weighted by atomic mass is 10.3. The van der Waals surface area contributed by atoms with E-state index in [1.807, 2.05) is 0 Å². The summed E-state index contributed by atoms with van der Waals surface area (Å²) in [6, 6.07) is 5.55. The van der Waals surface area contributed by atoms with Crippen molar-refractivity contribution in [1.82, 2.24) is 9.38 Å². The van der Waals surface area contributed by atoms with E-state index in [4.69, 9.17) is 0 Å². The minimum atomic E-state index is -5.52. The Bertz CT molecular complexity index is 1200. The molecule has 0 bridgehead atoms. The summed E-state index contributed by atoms with van der Waals surface area (Å²) in [5.74, 6) is -0.154. The van der Waals surface area contributed by atoms with Crippen LogP contribution in [-0.2, 0) is 19.7 Å². The first-order valence-corrected chi connectivity index (χ1v) is 10.1. The van der Waals surface area contributed by atoms with Gasteiger partial charge in [0.25, 0.3) is 9.84 Å². The molecule has 2 aromatic heterocycles. The number of sulfone groups is 2. The summed E-state index contributed by atoms with van der Waals surface area (Å²) >= 11 is 0. The van der Waals surface area contributed by atoms with Gasteiger partial charge in [-0.05, 0) is 30.3 Å². The third-order valence-corrected chi connectivity index (χ3v) is 6.90. The second-order valence-electron chi connectivity index (χ2n) is 5.21. The summed E-state index contributed by atoms with van der Waals surface area (Å²) in [6.45, 7) is 1.46. The van der Waals surface area contributed by atoms with Gasteiger partial charge in [-0.15, -0.1) is 0 Å². The van der Waals surface area contributed by atoms with E-state index in [0.29, 0.717) is 0 Å². The highest BCUT2D eigenvalue weighted by atomic mass is 32.2. The maximum Gasteiger partial charge on any atom is 0.501 e. The van der Waals surface area contributed by atoms with Crippen molar-refractivity contribution >= 4 is 36.4 Å². The topological polar surface area (TPSA) is 85.6 Å². The molecule has 3 rings (SSSR count). The van der Waals surface area contributed by atoms with E-state index >= 15 is 0 Å². The number of fused-ring (bicyclic) bond motifs is 3. The number of imidazole rings is 1. The maximum atomic E-state index is 12.7. The molecule has 0 aliphatic rings. The molecule has 0 saturated carbocycles. The number of hydrogen-bond donors (Lipinski definition) is 0. The average molecular weight is 392 g/mol. The van der Waals surface area contributed by atoms with Crippen LogP contribution in [0.3, 0.4) is 0 Å². The minimum Gasteiger partial charge on any atom is -0.298 e. The second-order valence-corrected chi connectivity index (χ2v) is 9.43. The van der Waals surface area contributed by atoms with Crippen molar-refractivity contribution in [2.75, 3.05) is 5.75 Å². The number of nitrogens with zero attached hydrogens (tertiary/aromatic N) is 2. The van der Waals surface area contributed by atoms with Crippen LogP contribution in [0.5, 0.6) is 0 Å². The summed E-state index contributed by atoms with van der Waals surface area (Å²) < 4.78 is 86.6. The monoisotopic (exact) mass is 392 g/mol. The fraction of sp³-hybridized carbons (Fsp3) is 0.214. The van der Waals surface area contributed by atoms with Crippen molar-refractivity contribution in [3.63, 3.8) is 0 Å². The Morgan fingerprint density at radius 3 is 2.28 bits per heavy atom. The Morgan fingerprint density at radius 1 is 1.04 bits per heavy atom. The van der Waals surface area contributed by atoms with Crippen molar-refractivity contribution in [2.45, 2.75) is 22.2 Å². The van der Waals surface area contributed by atoms with Gasteiger partial charge in [0.05, 0.1) is 26.6 Å². The molecule has 0 aliphatic carbocycles. The first-order valence-electron chi connectivity index (χ1n) is 6.93. The summed E-state index contributed by atoms with van der Waals surface area (Å²) in [4.78, 5) is 3.17. The average Bonchev–Trinajstić information content (AvgIpc) is 2.90. The summed E-state index contributed by atoms with van der Waals surface area (Å²) in [5, 5.41) is 0. The number of alkyl halides is 3. The number of pyridine rings is 1. The van der Waals surface area contributed by atoms with Crippen molar-refractivity contribution in [3.8, 4) is 0 Å². The minimum absolute atomic E-state index is 0.0362. The van der Waals surface area contributed by atoms with E-state index in [1.54, 1.807) is 0 Å². The fourth-order valence-corrected chi connectivity index (χ4v) is 3.98. The molecular formula is C14H11F3N2O4S2. The molecule has 0 fully saturated rings. The smallest absolute Gasteiger partial charge is 0.298 e. The Balaban J connectivity index is 2.32.